The van der Waals surface area contributed by atoms with E-state index in [1.54, 1.807) is 14.1 Å². The predicted octanol–water partition coefficient (Wildman–Crippen LogP) is 1.48. The van der Waals surface area contributed by atoms with E-state index < -0.39 is 0 Å². The van der Waals surface area contributed by atoms with Gasteiger partial charge in [0.05, 0.1) is 13.1 Å². The molecule has 0 aliphatic heterocycles. The normalized spacial score (nSPS) is 10.3. The van der Waals surface area contributed by atoms with Gasteiger partial charge in [0.2, 0.25) is 11.8 Å². The molecule has 0 saturated heterocycles. The van der Waals surface area contributed by atoms with E-state index in [1.165, 1.54) is 10.3 Å². The topological polar surface area (TPSA) is 52.7 Å². The van der Waals surface area contributed by atoms with Crippen LogP contribution < -0.4 is 10.2 Å². The third-order valence-electron chi connectivity index (χ3n) is 3.49. The Hall–Kier alpha value is -2.56. The van der Waals surface area contributed by atoms with Gasteiger partial charge < -0.3 is 15.1 Å². The molecule has 0 bridgehead atoms. The third-order valence-corrected chi connectivity index (χ3v) is 3.49. The van der Waals surface area contributed by atoms with Gasteiger partial charge in [0.25, 0.3) is 0 Å². The van der Waals surface area contributed by atoms with Crippen molar-refractivity contribution in [2.24, 2.45) is 0 Å². The summed E-state index contributed by atoms with van der Waals surface area (Å²) in [5, 5.41) is 4.93. The molecule has 0 spiro atoms. The molecule has 1 N–H and O–H groups in total. The number of nitrogens with zero attached hydrogens (tertiary/aromatic N) is 2. The molecule has 2 aromatic rings. The van der Waals surface area contributed by atoms with Gasteiger partial charge in [-0.15, -0.1) is 0 Å². The number of likely N-dealkylation sites (N-methyl/N-ethyl adjacent to an activating group) is 2. The summed E-state index contributed by atoms with van der Waals surface area (Å²) in [6.07, 6.45) is 0. The van der Waals surface area contributed by atoms with Crippen LogP contribution >= 0.6 is 0 Å². The van der Waals surface area contributed by atoms with Gasteiger partial charge >= 0.3 is 0 Å². The summed E-state index contributed by atoms with van der Waals surface area (Å²) >= 11 is 0. The largest absolute Gasteiger partial charge is 0.365 e. The van der Waals surface area contributed by atoms with Gasteiger partial charge in [0.15, 0.2) is 0 Å². The van der Waals surface area contributed by atoms with Crippen molar-refractivity contribution in [2.75, 3.05) is 39.1 Å². The molecule has 0 aliphatic carbocycles. The molecule has 2 aromatic carbocycles. The van der Waals surface area contributed by atoms with E-state index >= 15 is 0 Å². The van der Waals surface area contributed by atoms with Crippen LogP contribution in [-0.2, 0) is 9.59 Å². The summed E-state index contributed by atoms with van der Waals surface area (Å²) in [6.45, 7) is 0.233. The summed E-state index contributed by atoms with van der Waals surface area (Å²) in [5.41, 5.74) is 0.966. The van der Waals surface area contributed by atoms with Gasteiger partial charge in [-0.3, -0.25) is 9.59 Å². The van der Waals surface area contributed by atoms with E-state index in [0.717, 1.165) is 11.1 Å². The highest BCUT2D eigenvalue weighted by Gasteiger charge is 2.10. The van der Waals surface area contributed by atoms with Crippen LogP contribution in [0.15, 0.2) is 42.5 Å². The van der Waals surface area contributed by atoms with Crippen molar-refractivity contribution in [1.82, 2.24) is 10.2 Å². The quantitative estimate of drug-likeness (QED) is 0.910. The van der Waals surface area contributed by atoms with Crippen LogP contribution in [0.5, 0.6) is 0 Å². The predicted molar refractivity (Wildman–Crippen MR) is 88.9 cm³/mol. The first-order chi connectivity index (χ1) is 10.5. The fraction of sp³-hybridized carbons (Fsp3) is 0.294. The molecule has 5 nitrogen and oxygen atoms in total. The zero-order valence-corrected chi connectivity index (χ0v) is 13.2. The number of nitrogens with one attached hydrogen (secondary N) is 1. The lowest BCUT2D eigenvalue weighted by Gasteiger charge is -2.19. The number of hydrogen-bond acceptors (Lipinski definition) is 3. The molecule has 5 heteroatoms. The fourth-order valence-electron chi connectivity index (χ4n) is 2.11. The monoisotopic (exact) mass is 299 g/mol. The molecule has 0 unspecified atom stereocenters. The minimum absolute atomic E-state index is 0.0252. The zero-order valence-electron chi connectivity index (χ0n) is 13.2. The van der Waals surface area contributed by atoms with Crippen molar-refractivity contribution in [3.05, 3.63) is 42.5 Å². The molecule has 22 heavy (non-hydrogen) atoms. The lowest BCUT2D eigenvalue weighted by molar-refractivity contribution is -0.130. The summed E-state index contributed by atoms with van der Waals surface area (Å²) in [4.78, 5) is 26.7. The van der Waals surface area contributed by atoms with Crippen LogP contribution in [0.1, 0.15) is 0 Å². The fourth-order valence-corrected chi connectivity index (χ4v) is 2.11. The maximum Gasteiger partial charge on any atom is 0.241 e. The van der Waals surface area contributed by atoms with Crippen LogP contribution in [0.3, 0.4) is 0 Å². The van der Waals surface area contributed by atoms with Gasteiger partial charge in [0, 0.05) is 26.8 Å². The summed E-state index contributed by atoms with van der Waals surface area (Å²) in [6, 6.07) is 14.2. The van der Waals surface area contributed by atoms with Crippen LogP contribution in [0, 0.1) is 0 Å². The number of carbonyl (C=O) groups excluding carboxylic acids is 2. The average Bonchev–Trinajstić information content (AvgIpc) is 2.51. The second-order valence-corrected chi connectivity index (χ2v) is 5.45. The van der Waals surface area contributed by atoms with Crippen molar-refractivity contribution in [3.63, 3.8) is 0 Å². The number of benzene rings is 2. The van der Waals surface area contributed by atoms with E-state index in [2.05, 4.69) is 11.4 Å². The van der Waals surface area contributed by atoms with Crippen molar-refractivity contribution in [3.8, 4) is 0 Å². The SMILES string of the molecule is CN(C)C(=O)CNC(=O)CN(C)c1ccc2ccccc2c1. The van der Waals surface area contributed by atoms with Crippen LogP contribution in [0.2, 0.25) is 0 Å². The van der Waals surface area contributed by atoms with E-state index in [0.29, 0.717) is 0 Å². The van der Waals surface area contributed by atoms with Crippen molar-refractivity contribution in [2.45, 2.75) is 0 Å². The van der Waals surface area contributed by atoms with E-state index in [-0.39, 0.29) is 24.9 Å². The number of rotatable bonds is 5. The molecule has 0 aromatic heterocycles. The number of anilines is 1. The van der Waals surface area contributed by atoms with E-state index in [9.17, 15) is 9.59 Å². The Balaban J connectivity index is 1.96. The lowest BCUT2D eigenvalue weighted by Crippen LogP contribution is -2.40. The number of amides is 2. The van der Waals surface area contributed by atoms with E-state index in [1.807, 2.05) is 48.3 Å². The first kappa shape index (κ1) is 15.8. The standard InChI is InChI=1S/C17H21N3O2/c1-19(2)17(22)11-18-16(21)12-20(3)15-9-8-13-6-4-5-7-14(13)10-15/h4-10H,11-12H2,1-3H3,(H,18,21). The molecule has 0 atom stereocenters. The third kappa shape index (κ3) is 3.97. The first-order valence-electron chi connectivity index (χ1n) is 7.14. The lowest BCUT2D eigenvalue weighted by atomic mass is 10.1. The zero-order chi connectivity index (χ0) is 16.1. The second kappa shape index (κ2) is 6.93. The molecule has 2 amide bonds. The number of hydrogen-bond donors (Lipinski definition) is 1. The highest BCUT2D eigenvalue weighted by molar-refractivity contribution is 5.89. The number of carbonyl (C=O) groups is 2. The molecular formula is C17H21N3O2. The van der Waals surface area contributed by atoms with Crippen LogP contribution in [0.25, 0.3) is 10.8 Å². The molecule has 0 radical (unpaired) electrons. The van der Waals surface area contributed by atoms with Crippen LogP contribution in [-0.4, -0.2) is 50.9 Å². The molecule has 116 valence electrons. The maximum atomic E-state index is 11.9. The molecule has 2 rings (SSSR count). The second-order valence-electron chi connectivity index (χ2n) is 5.45. The molecule has 0 heterocycles. The van der Waals surface area contributed by atoms with Crippen LogP contribution in [0.4, 0.5) is 5.69 Å². The maximum absolute atomic E-state index is 11.9. The smallest absolute Gasteiger partial charge is 0.241 e. The highest BCUT2D eigenvalue weighted by atomic mass is 16.2. The Morgan fingerprint density at radius 1 is 1.00 bits per heavy atom. The molecule has 0 saturated carbocycles. The Kier molecular flexibility index (Phi) is 4.99. The van der Waals surface area contributed by atoms with Crippen molar-refractivity contribution in [1.29, 1.82) is 0 Å². The summed E-state index contributed by atoms with van der Waals surface area (Å²) < 4.78 is 0. The number of fused-ring (bicyclic) bond motifs is 1. The summed E-state index contributed by atoms with van der Waals surface area (Å²) in [5.74, 6) is -0.299. The Morgan fingerprint density at radius 3 is 2.36 bits per heavy atom. The van der Waals surface area contributed by atoms with Gasteiger partial charge in [-0.25, -0.2) is 0 Å². The minimum Gasteiger partial charge on any atom is -0.365 e. The Morgan fingerprint density at radius 2 is 1.68 bits per heavy atom. The molecule has 0 fully saturated rings. The van der Waals surface area contributed by atoms with Gasteiger partial charge in [0.1, 0.15) is 0 Å². The summed E-state index contributed by atoms with van der Waals surface area (Å²) in [7, 11) is 5.18. The van der Waals surface area contributed by atoms with Gasteiger partial charge in [-0.2, -0.15) is 0 Å². The Labute approximate surface area is 130 Å². The minimum atomic E-state index is -0.175. The van der Waals surface area contributed by atoms with Gasteiger partial charge in [-0.1, -0.05) is 30.3 Å². The molecule has 0 aliphatic rings. The highest BCUT2D eigenvalue weighted by Crippen LogP contribution is 2.20. The van der Waals surface area contributed by atoms with Crippen molar-refractivity contribution < 1.29 is 9.59 Å². The average molecular weight is 299 g/mol. The van der Waals surface area contributed by atoms with Crippen molar-refractivity contribution >= 4 is 28.3 Å². The Bertz CT molecular complexity index is 682. The van der Waals surface area contributed by atoms with E-state index in [4.69, 9.17) is 0 Å². The first-order valence-corrected chi connectivity index (χ1v) is 7.14. The van der Waals surface area contributed by atoms with Gasteiger partial charge in [-0.05, 0) is 22.9 Å². The molecular weight excluding hydrogens is 278 g/mol.